The lowest BCUT2D eigenvalue weighted by molar-refractivity contribution is -0.141. The Kier molecular flexibility index (Phi) is 6.00. The van der Waals surface area contributed by atoms with Gasteiger partial charge in [0.05, 0.1) is 5.92 Å². The molecular formula is C29H25NO4. The Hall–Kier alpha value is -4.12. The van der Waals surface area contributed by atoms with Gasteiger partial charge in [0, 0.05) is 12.5 Å². The number of benzene rings is 4. The van der Waals surface area contributed by atoms with Crippen molar-refractivity contribution in [2.45, 2.75) is 12.3 Å². The predicted molar refractivity (Wildman–Crippen MR) is 132 cm³/mol. The Morgan fingerprint density at radius 2 is 1.44 bits per heavy atom. The number of carboxylic acid groups (broad SMARTS) is 1. The van der Waals surface area contributed by atoms with Crippen molar-refractivity contribution in [3.63, 3.8) is 0 Å². The van der Waals surface area contributed by atoms with Gasteiger partial charge >= 0.3 is 12.1 Å². The Labute approximate surface area is 198 Å². The zero-order valence-corrected chi connectivity index (χ0v) is 18.6. The number of fused-ring (bicyclic) bond motifs is 4. The minimum Gasteiger partial charge on any atom is -0.481 e. The third-order valence-corrected chi connectivity index (χ3v) is 6.48. The standard InChI is InChI=1S/C29H25NO4/c31-28(32)22(16-19-13-14-20-7-1-2-8-21(20)15-19)17-30-29(33)34-18-27-25-11-5-3-9-23(25)24-10-4-6-12-26(24)27/h1-15,22,27H,16-18H2,(H,30,33)(H,31,32). The summed E-state index contributed by atoms with van der Waals surface area (Å²) >= 11 is 0. The maximum Gasteiger partial charge on any atom is 0.407 e. The van der Waals surface area contributed by atoms with Crippen LogP contribution in [0.25, 0.3) is 21.9 Å². The smallest absolute Gasteiger partial charge is 0.407 e. The summed E-state index contributed by atoms with van der Waals surface area (Å²) in [4.78, 5) is 24.3. The molecule has 0 fully saturated rings. The van der Waals surface area contributed by atoms with Crippen LogP contribution in [0.4, 0.5) is 4.79 Å². The molecule has 5 rings (SSSR count). The summed E-state index contributed by atoms with van der Waals surface area (Å²) in [5.41, 5.74) is 5.51. The van der Waals surface area contributed by atoms with Crippen molar-refractivity contribution in [2.75, 3.05) is 13.2 Å². The fraction of sp³-hybridized carbons (Fsp3) is 0.172. The topological polar surface area (TPSA) is 75.6 Å². The second kappa shape index (κ2) is 9.40. The highest BCUT2D eigenvalue weighted by atomic mass is 16.5. The van der Waals surface area contributed by atoms with Crippen LogP contribution >= 0.6 is 0 Å². The first-order chi connectivity index (χ1) is 16.6. The molecule has 0 aliphatic heterocycles. The number of carbonyl (C=O) groups is 2. The number of ether oxygens (including phenoxy) is 1. The third kappa shape index (κ3) is 4.37. The van der Waals surface area contributed by atoms with Crippen LogP contribution in [-0.4, -0.2) is 30.3 Å². The molecule has 0 heterocycles. The Morgan fingerprint density at radius 1 is 0.824 bits per heavy atom. The average Bonchev–Trinajstić information content (AvgIpc) is 3.18. The third-order valence-electron chi connectivity index (χ3n) is 6.48. The zero-order valence-electron chi connectivity index (χ0n) is 18.6. The molecule has 1 aliphatic carbocycles. The fourth-order valence-corrected chi connectivity index (χ4v) is 4.75. The molecule has 34 heavy (non-hydrogen) atoms. The first-order valence-corrected chi connectivity index (χ1v) is 11.4. The van der Waals surface area contributed by atoms with E-state index in [4.69, 9.17) is 4.74 Å². The van der Waals surface area contributed by atoms with Gasteiger partial charge in [0.1, 0.15) is 6.61 Å². The van der Waals surface area contributed by atoms with E-state index in [2.05, 4.69) is 29.6 Å². The number of hydrogen-bond donors (Lipinski definition) is 2. The number of carbonyl (C=O) groups excluding carboxylic acids is 1. The molecule has 0 aromatic heterocycles. The zero-order chi connectivity index (χ0) is 23.5. The van der Waals surface area contributed by atoms with E-state index in [1.807, 2.05) is 66.7 Å². The van der Waals surface area contributed by atoms with Gasteiger partial charge < -0.3 is 15.2 Å². The highest BCUT2D eigenvalue weighted by Gasteiger charge is 2.29. The second-order valence-corrected chi connectivity index (χ2v) is 8.63. The molecule has 0 spiro atoms. The molecule has 1 aliphatic rings. The number of hydrogen-bond acceptors (Lipinski definition) is 3. The fourth-order valence-electron chi connectivity index (χ4n) is 4.75. The van der Waals surface area contributed by atoms with E-state index in [9.17, 15) is 14.7 Å². The molecule has 5 heteroatoms. The number of rotatable bonds is 7. The quantitative estimate of drug-likeness (QED) is 0.382. The van der Waals surface area contributed by atoms with E-state index in [-0.39, 0.29) is 19.1 Å². The number of alkyl carbamates (subject to hydrolysis) is 1. The van der Waals surface area contributed by atoms with Crippen molar-refractivity contribution >= 4 is 22.8 Å². The van der Waals surface area contributed by atoms with Crippen molar-refractivity contribution in [3.05, 3.63) is 108 Å². The van der Waals surface area contributed by atoms with Crippen LogP contribution in [0.5, 0.6) is 0 Å². The number of aliphatic carboxylic acids is 1. The van der Waals surface area contributed by atoms with Gasteiger partial charge in [-0.05, 0) is 45.0 Å². The minimum absolute atomic E-state index is 0.00116. The molecule has 1 unspecified atom stereocenters. The summed E-state index contributed by atoms with van der Waals surface area (Å²) in [6.07, 6.45) is -0.282. The van der Waals surface area contributed by atoms with Crippen LogP contribution in [0, 0.1) is 5.92 Å². The number of carboxylic acids is 1. The van der Waals surface area contributed by atoms with Gasteiger partial charge in [0.25, 0.3) is 0 Å². The van der Waals surface area contributed by atoms with Crippen LogP contribution in [0.2, 0.25) is 0 Å². The van der Waals surface area contributed by atoms with Crippen LogP contribution < -0.4 is 5.32 Å². The van der Waals surface area contributed by atoms with E-state index in [1.54, 1.807) is 0 Å². The normalized spacial score (nSPS) is 13.2. The molecular weight excluding hydrogens is 426 g/mol. The summed E-state index contributed by atoms with van der Waals surface area (Å²) in [6.45, 7) is 0.196. The molecule has 4 aromatic carbocycles. The molecule has 1 atom stereocenters. The van der Waals surface area contributed by atoms with Crippen LogP contribution in [-0.2, 0) is 16.0 Å². The van der Waals surface area contributed by atoms with Crippen molar-refractivity contribution < 1.29 is 19.4 Å². The summed E-state index contributed by atoms with van der Waals surface area (Å²) < 4.78 is 5.53. The lowest BCUT2D eigenvalue weighted by Gasteiger charge is -2.16. The highest BCUT2D eigenvalue weighted by molar-refractivity contribution is 5.83. The molecule has 0 saturated carbocycles. The minimum atomic E-state index is -0.952. The van der Waals surface area contributed by atoms with E-state index >= 15 is 0 Å². The first kappa shape index (κ1) is 21.7. The monoisotopic (exact) mass is 451 g/mol. The number of nitrogens with one attached hydrogen (secondary N) is 1. The molecule has 5 nitrogen and oxygen atoms in total. The summed E-state index contributed by atoms with van der Waals surface area (Å²) in [6, 6.07) is 30.2. The van der Waals surface area contributed by atoms with Crippen LogP contribution in [0.15, 0.2) is 91.0 Å². The lowest BCUT2D eigenvalue weighted by atomic mass is 9.97. The summed E-state index contributed by atoms with van der Waals surface area (Å²) in [5.74, 6) is -1.74. The lowest BCUT2D eigenvalue weighted by Crippen LogP contribution is -2.35. The van der Waals surface area contributed by atoms with Crippen molar-refractivity contribution in [2.24, 2.45) is 5.92 Å². The highest BCUT2D eigenvalue weighted by Crippen LogP contribution is 2.44. The van der Waals surface area contributed by atoms with Crippen molar-refractivity contribution in [3.8, 4) is 11.1 Å². The molecule has 4 aromatic rings. The molecule has 0 radical (unpaired) electrons. The summed E-state index contributed by atoms with van der Waals surface area (Å²) in [7, 11) is 0. The second-order valence-electron chi connectivity index (χ2n) is 8.63. The van der Waals surface area contributed by atoms with E-state index < -0.39 is 18.0 Å². The number of amides is 1. The SMILES string of the molecule is O=C(NCC(Cc1ccc2ccccc2c1)C(=O)O)OCC1c2ccccc2-c2ccccc21. The van der Waals surface area contributed by atoms with E-state index in [1.165, 1.54) is 0 Å². The Bertz CT molecular complexity index is 1320. The van der Waals surface area contributed by atoms with Gasteiger partial charge in [-0.3, -0.25) is 4.79 Å². The Morgan fingerprint density at radius 3 is 2.12 bits per heavy atom. The van der Waals surface area contributed by atoms with Gasteiger partial charge in [-0.15, -0.1) is 0 Å². The molecule has 2 N–H and O–H groups in total. The van der Waals surface area contributed by atoms with Gasteiger partial charge in [-0.2, -0.15) is 0 Å². The van der Waals surface area contributed by atoms with Gasteiger partial charge in [0.2, 0.25) is 0 Å². The van der Waals surface area contributed by atoms with Crippen LogP contribution in [0.1, 0.15) is 22.6 Å². The summed E-state index contributed by atoms with van der Waals surface area (Å²) in [5, 5.41) is 14.5. The Balaban J connectivity index is 1.21. The average molecular weight is 452 g/mol. The van der Waals surface area contributed by atoms with Gasteiger partial charge in [-0.25, -0.2) is 4.79 Å². The van der Waals surface area contributed by atoms with Crippen molar-refractivity contribution in [1.82, 2.24) is 5.32 Å². The first-order valence-electron chi connectivity index (χ1n) is 11.4. The molecule has 0 saturated heterocycles. The van der Waals surface area contributed by atoms with E-state index in [0.29, 0.717) is 6.42 Å². The van der Waals surface area contributed by atoms with Crippen molar-refractivity contribution in [1.29, 1.82) is 0 Å². The maximum atomic E-state index is 12.5. The van der Waals surface area contributed by atoms with Crippen LogP contribution in [0.3, 0.4) is 0 Å². The molecule has 0 bridgehead atoms. The predicted octanol–water partition coefficient (Wildman–Crippen LogP) is 5.62. The molecule has 170 valence electrons. The maximum absolute atomic E-state index is 12.5. The largest absolute Gasteiger partial charge is 0.481 e. The van der Waals surface area contributed by atoms with Gasteiger partial charge in [-0.1, -0.05) is 91.0 Å². The van der Waals surface area contributed by atoms with E-state index in [0.717, 1.165) is 38.6 Å². The molecule has 1 amide bonds. The van der Waals surface area contributed by atoms with Gasteiger partial charge in [0.15, 0.2) is 0 Å².